The van der Waals surface area contributed by atoms with Crippen molar-refractivity contribution in [3.05, 3.63) is 53.6 Å². The second-order valence-corrected chi connectivity index (χ2v) is 3.88. The summed E-state index contributed by atoms with van der Waals surface area (Å²) in [6.07, 6.45) is 3.08. The van der Waals surface area contributed by atoms with Crippen molar-refractivity contribution in [2.45, 2.75) is 0 Å². The van der Waals surface area contributed by atoms with E-state index < -0.39 is 11.8 Å². The van der Waals surface area contributed by atoms with Gasteiger partial charge < -0.3 is 10.6 Å². The summed E-state index contributed by atoms with van der Waals surface area (Å²) >= 11 is 5.61. The topological polar surface area (TPSA) is 54.0 Å². The maximum absolute atomic E-state index is 13.4. The van der Waals surface area contributed by atoms with Crippen molar-refractivity contribution in [1.82, 2.24) is 4.98 Å². The Morgan fingerprint density at radius 2 is 1.89 bits per heavy atom. The normalized spacial score (nSPS) is 9.89. The van der Waals surface area contributed by atoms with E-state index in [1.165, 1.54) is 12.1 Å². The zero-order valence-electron chi connectivity index (χ0n) is 9.15. The number of pyridine rings is 1. The molecule has 2 amide bonds. The lowest BCUT2D eigenvalue weighted by Gasteiger charge is -2.08. The summed E-state index contributed by atoms with van der Waals surface area (Å²) in [5.74, 6) is -0.590. The largest absolute Gasteiger partial charge is 0.323 e. The molecular weight excluding hydrogens is 257 g/mol. The number of hydrogen-bond acceptors (Lipinski definition) is 2. The number of nitrogens with zero attached hydrogens (tertiary/aromatic N) is 1. The fraction of sp³-hybridized carbons (Fsp3) is 0. The van der Waals surface area contributed by atoms with Gasteiger partial charge in [-0.05, 0) is 30.3 Å². The number of hydrogen-bond donors (Lipinski definition) is 2. The minimum Gasteiger partial charge on any atom is -0.308 e. The van der Waals surface area contributed by atoms with E-state index in [2.05, 4.69) is 15.6 Å². The molecule has 0 saturated heterocycles. The van der Waals surface area contributed by atoms with Gasteiger partial charge in [0, 0.05) is 23.1 Å². The third kappa shape index (κ3) is 3.18. The maximum atomic E-state index is 13.4. The summed E-state index contributed by atoms with van der Waals surface area (Å²) in [4.78, 5) is 15.4. The first-order chi connectivity index (χ1) is 8.65. The van der Waals surface area contributed by atoms with E-state index in [0.29, 0.717) is 5.69 Å². The highest BCUT2D eigenvalue weighted by atomic mass is 35.5. The monoisotopic (exact) mass is 265 g/mol. The van der Waals surface area contributed by atoms with Crippen LogP contribution >= 0.6 is 11.6 Å². The molecule has 2 N–H and O–H groups in total. The summed E-state index contributed by atoms with van der Waals surface area (Å²) in [5, 5.41) is 5.20. The zero-order chi connectivity index (χ0) is 13.0. The lowest BCUT2D eigenvalue weighted by Crippen LogP contribution is -2.20. The molecule has 0 spiro atoms. The van der Waals surface area contributed by atoms with E-state index in [1.807, 2.05) is 0 Å². The van der Waals surface area contributed by atoms with Crippen molar-refractivity contribution in [3.8, 4) is 0 Å². The molecule has 1 aromatic heterocycles. The number of carbonyl (C=O) groups excluding carboxylic acids is 1. The Labute approximate surface area is 108 Å². The van der Waals surface area contributed by atoms with Crippen molar-refractivity contribution in [2.24, 2.45) is 0 Å². The second kappa shape index (κ2) is 5.46. The van der Waals surface area contributed by atoms with Gasteiger partial charge in [0.15, 0.2) is 0 Å². The smallest absolute Gasteiger partial charge is 0.308 e. The van der Waals surface area contributed by atoms with Gasteiger partial charge in [-0.15, -0.1) is 0 Å². The number of benzene rings is 1. The lowest BCUT2D eigenvalue weighted by atomic mass is 10.3. The van der Waals surface area contributed by atoms with Crippen molar-refractivity contribution in [3.63, 3.8) is 0 Å². The van der Waals surface area contributed by atoms with Crippen LogP contribution in [0.3, 0.4) is 0 Å². The van der Waals surface area contributed by atoms with Crippen LogP contribution in [0.15, 0.2) is 42.7 Å². The Hall–Kier alpha value is -2.14. The number of aromatic nitrogens is 1. The number of anilines is 2. The average Bonchev–Trinajstić information content (AvgIpc) is 2.34. The van der Waals surface area contributed by atoms with Gasteiger partial charge in [-0.1, -0.05) is 11.6 Å². The molecule has 2 aromatic rings. The van der Waals surface area contributed by atoms with Gasteiger partial charge in [0.05, 0.1) is 5.69 Å². The number of urea groups is 1. The van der Waals surface area contributed by atoms with Gasteiger partial charge in [0.1, 0.15) is 5.82 Å². The van der Waals surface area contributed by atoms with Crippen LogP contribution in [0.5, 0.6) is 0 Å². The van der Waals surface area contributed by atoms with Crippen LogP contribution in [0, 0.1) is 5.82 Å². The molecule has 4 nitrogen and oxygen atoms in total. The van der Waals surface area contributed by atoms with Crippen LogP contribution in [-0.2, 0) is 0 Å². The van der Waals surface area contributed by atoms with E-state index in [1.54, 1.807) is 24.5 Å². The number of amides is 2. The summed E-state index contributed by atoms with van der Waals surface area (Å²) < 4.78 is 13.4. The molecule has 0 aliphatic rings. The molecule has 18 heavy (non-hydrogen) atoms. The minimum absolute atomic E-state index is 0.0611. The molecule has 92 valence electrons. The average molecular weight is 266 g/mol. The molecule has 0 radical (unpaired) electrons. The summed E-state index contributed by atoms with van der Waals surface area (Å²) in [7, 11) is 0. The highest BCUT2D eigenvalue weighted by Crippen LogP contribution is 2.19. The lowest BCUT2D eigenvalue weighted by molar-refractivity contribution is 0.262. The van der Waals surface area contributed by atoms with Gasteiger partial charge in [-0.25, -0.2) is 9.18 Å². The molecule has 0 aliphatic heterocycles. The first kappa shape index (κ1) is 12.3. The Balaban J connectivity index is 2.03. The number of nitrogens with one attached hydrogen (secondary N) is 2. The van der Waals surface area contributed by atoms with Crippen LogP contribution in [0.4, 0.5) is 20.6 Å². The Morgan fingerprint density at radius 3 is 2.56 bits per heavy atom. The predicted octanol–water partition coefficient (Wildman–Crippen LogP) is 3.52. The molecule has 0 unspecified atom stereocenters. The van der Waals surface area contributed by atoms with E-state index in [-0.39, 0.29) is 10.7 Å². The Bertz CT molecular complexity index is 563. The summed E-state index contributed by atoms with van der Waals surface area (Å²) in [6, 6.07) is 6.72. The van der Waals surface area contributed by atoms with Gasteiger partial charge in [-0.3, -0.25) is 4.98 Å². The zero-order valence-corrected chi connectivity index (χ0v) is 9.91. The molecule has 6 heteroatoms. The van der Waals surface area contributed by atoms with E-state index in [0.717, 1.165) is 6.07 Å². The van der Waals surface area contributed by atoms with Crippen molar-refractivity contribution >= 4 is 29.0 Å². The standard InChI is InChI=1S/C12H9ClFN3O/c13-8-1-2-11(10(14)7-8)17-12(18)16-9-3-5-15-6-4-9/h1-7H,(H2,15,16,17,18). The molecule has 0 saturated carbocycles. The van der Waals surface area contributed by atoms with E-state index in [4.69, 9.17) is 11.6 Å². The molecule has 0 atom stereocenters. The molecule has 1 heterocycles. The molecule has 1 aromatic carbocycles. The van der Waals surface area contributed by atoms with Gasteiger partial charge >= 0.3 is 6.03 Å². The molecular formula is C12H9ClFN3O. The fourth-order valence-electron chi connectivity index (χ4n) is 1.31. The number of carbonyl (C=O) groups is 1. The predicted molar refractivity (Wildman–Crippen MR) is 68.3 cm³/mol. The Morgan fingerprint density at radius 1 is 1.17 bits per heavy atom. The van der Waals surface area contributed by atoms with Crippen LogP contribution in [-0.4, -0.2) is 11.0 Å². The maximum Gasteiger partial charge on any atom is 0.323 e. The molecule has 2 rings (SSSR count). The quantitative estimate of drug-likeness (QED) is 0.873. The first-order valence-electron chi connectivity index (χ1n) is 5.08. The van der Waals surface area contributed by atoms with E-state index in [9.17, 15) is 9.18 Å². The first-order valence-corrected chi connectivity index (χ1v) is 5.46. The fourth-order valence-corrected chi connectivity index (χ4v) is 1.47. The summed E-state index contributed by atoms with van der Waals surface area (Å²) in [5.41, 5.74) is 0.628. The van der Waals surface area contributed by atoms with Crippen molar-refractivity contribution in [2.75, 3.05) is 10.6 Å². The van der Waals surface area contributed by atoms with Crippen molar-refractivity contribution < 1.29 is 9.18 Å². The summed E-state index contributed by atoms with van der Waals surface area (Å²) in [6.45, 7) is 0. The minimum atomic E-state index is -0.590. The number of rotatable bonds is 2. The highest BCUT2D eigenvalue weighted by molar-refractivity contribution is 6.30. The van der Waals surface area contributed by atoms with E-state index >= 15 is 0 Å². The van der Waals surface area contributed by atoms with Crippen LogP contribution in [0.2, 0.25) is 5.02 Å². The van der Waals surface area contributed by atoms with Crippen LogP contribution in [0.25, 0.3) is 0 Å². The SMILES string of the molecule is O=C(Nc1ccncc1)Nc1ccc(Cl)cc1F. The van der Waals surface area contributed by atoms with Gasteiger partial charge in [-0.2, -0.15) is 0 Å². The second-order valence-electron chi connectivity index (χ2n) is 3.44. The van der Waals surface area contributed by atoms with Gasteiger partial charge in [0.2, 0.25) is 0 Å². The highest BCUT2D eigenvalue weighted by Gasteiger charge is 2.07. The third-order valence-corrected chi connectivity index (χ3v) is 2.35. The van der Waals surface area contributed by atoms with Gasteiger partial charge in [0.25, 0.3) is 0 Å². The van der Waals surface area contributed by atoms with Crippen LogP contribution in [0.1, 0.15) is 0 Å². The third-order valence-electron chi connectivity index (χ3n) is 2.12. The molecule has 0 fully saturated rings. The number of halogens is 2. The molecule has 0 bridgehead atoms. The van der Waals surface area contributed by atoms with Crippen molar-refractivity contribution in [1.29, 1.82) is 0 Å². The molecule has 0 aliphatic carbocycles. The Kier molecular flexibility index (Phi) is 3.74. The van der Waals surface area contributed by atoms with Crippen LogP contribution < -0.4 is 10.6 Å².